The summed E-state index contributed by atoms with van der Waals surface area (Å²) in [7, 11) is 0. The Labute approximate surface area is 184 Å². The predicted molar refractivity (Wildman–Crippen MR) is 115 cm³/mol. The molecule has 1 aliphatic rings. The number of pyridine rings is 1. The quantitative estimate of drug-likeness (QED) is 0.626. The fourth-order valence-corrected chi connectivity index (χ4v) is 3.88. The minimum absolute atomic E-state index is 0.132. The van der Waals surface area contributed by atoms with Crippen molar-refractivity contribution < 1.29 is 28.6 Å². The highest BCUT2D eigenvalue weighted by molar-refractivity contribution is 6.01. The van der Waals surface area contributed by atoms with Crippen LogP contribution < -0.4 is 4.74 Å². The molecule has 0 aromatic carbocycles. The smallest absolute Gasteiger partial charge is 0.411 e. The molecule has 0 bridgehead atoms. The number of nitrogens with zero attached hydrogens (tertiary/aromatic N) is 2. The van der Waals surface area contributed by atoms with Crippen LogP contribution in [0.2, 0.25) is 0 Å². The molecule has 0 aliphatic carbocycles. The van der Waals surface area contributed by atoms with Crippen molar-refractivity contribution in [2.24, 2.45) is 11.3 Å². The van der Waals surface area contributed by atoms with Crippen LogP contribution in [-0.2, 0) is 19.1 Å². The first-order valence-corrected chi connectivity index (χ1v) is 10.7. The molecule has 0 spiro atoms. The number of esters is 1. The van der Waals surface area contributed by atoms with Crippen LogP contribution in [0.5, 0.6) is 5.88 Å². The van der Waals surface area contributed by atoms with Crippen molar-refractivity contribution in [1.82, 2.24) is 9.88 Å². The van der Waals surface area contributed by atoms with Crippen LogP contribution >= 0.6 is 0 Å². The molecule has 2 rings (SSSR count). The van der Waals surface area contributed by atoms with Gasteiger partial charge in [0.05, 0.1) is 24.7 Å². The van der Waals surface area contributed by atoms with E-state index in [1.807, 2.05) is 34.6 Å². The summed E-state index contributed by atoms with van der Waals surface area (Å²) in [6.07, 6.45) is 0.180. The van der Waals surface area contributed by atoms with Crippen LogP contribution in [0.15, 0.2) is 18.3 Å². The van der Waals surface area contributed by atoms with Gasteiger partial charge in [0.25, 0.3) is 0 Å². The Kier molecular flexibility index (Phi) is 7.68. The van der Waals surface area contributed by atoms with Crippen molar-refractivity contribution in [2.45, 2.75) is 79.7 Å². The number of likely N-dealkylation sites (tertiary alicyclic amines) is 1. The average Bonchev–Trinajstić information content (AvgIpc) is 2.94. The molecule has 0 unspecified atom stereocenters. The molecule has 172 valence electrons. The normalized spacial score (nSPS) is 21.5. The number of aromatic nitrogens is 1. The summed E-state index contributed by atoms with van der Waals surface area (Å²) in [4.78, 5) is 45.5. The molecule has 1 aromatic rings. The van der Waals surface area contributed by atoms with Gasteiger partial charge < -0.3 is 14.2 Å². The summed E-state index contributed by atoms with van der Waals surface area (Å²) >= 11 is 0. The van der Waals surface area contributed by atoms with Crippen molar-refractivity contribution in [3.05, 3.63) is 23.9 Å². The van der Waals surface area contributed by atoms with Crippen molar-refractivity contribution >= 4 is 17.8 Å². The van der Waals surface area contributed by atoms with Crippen molar-refractivity contribution in [1.29, 1.82) is 0 Å². The van der Waals surface area contributed by atoms with E-state index in [-0.39, 0.29) is 24.4 Å². The molecular weight excluding hydrogens is 400 g/mol. The number of amides is 1. The largest absolute Gasteiger partial charge is 0.475 e. The maximum absolute atomic E-state index is 13.8. The second-order valence-electron chi connectivity index (χ2n) is 9.25. The fourth-order valence-electron chi connectivity index (χ4n) is 3.88. The number of carbonyl (C=O) groups excluding carboxylic acids is 3. The van der Waals surface area contributed by atoms with E-state index in [4.69, 9.17) is 14.2 Å². The lowest BCUT2D eigenvalue weighted by atomic mass is 9.74. The Bertz CT molecular complexity index is 815. The van der Waals surface area contributed by atoms with Gasteiger partial charge in [-0.05, 0) is 52.2 Å². The molecule has 8 heteroatoms. The summed E-state index contributed by atoms with van der Waals surface area (Å²) in [5.41, 5.74) is -0.191. The Hall–Kier alpha value is -2.64. The van der Waals surface area contributed by atoms with E-state index in [9.17, 15) is 14.4 Å². The monoisotopic (exact) mass is 434 g/mol. The zero-order valence-corrected chi connectivity index (χ0v) is 19.7. The predicted octanol–water partition coefficient (Wildman–Crippen LogP) is 3.93. The standard InChI is InChI=1S/C23H34N2O6/c1-9-29-21(27)18-16(23(6,7)8)19(26)17(25(18)22(28)31-14(4)5)15-11-10-12-24-20(15)30-13(2)3/h10-14,16-18H,9H2,1-8H3/t16-,17+,18+/m1/s1. The van der Waals surface area contributed by atoms with Crippen LogP contribution in [0.1, 0.15) is 67.0 Å². The highest BCUT2D eigenvalue weighted by Gasteiger charge is 2.59. The molecule has 2 heterocycles. The van der Waals surface area contributed by atoms with Gasteiger partial charge in [0.2, 0.25) is 5.88 Å². The van der Waals surface area contributed by atoms with E-state index in [1.54, 1.807) is 39.1 Å². The number of Topliss-reactive ketones (excluding diaryl/α,β-unsaturated/α-hetero) is 1. The molecule has 3 atom stereocenters. The third-order valence-electron chi connectivity index (χ3n) is 4.92. The van der Waals surface area contributed by atoms with Gasteiger partial charge in [-0.1, -0.05) is 20.8 Å². The first-order chi connectivity index (χ1) is 14.4. The van der Waals surface area contributed by atoms with Gasteiger partial charge in [0.15, 0.2) is 5.78 Å². The molecule has 0 N–H and O–H groups in total. The van der Waals surface area contributed by atoms with Gasteiger partial charge >= 0.3 is 12.1 Å². The van der Waals surface area contributed by atoms with Gasteiger partial charge in [0.1, 0.15) is 12.1 Å². The van der Waals surface area contributed by atoms with E-state index in [0.717, 1.165) is 0 Å². The van der Waals surface area contributed by atoms with Crippen LogP contribution in [0.25, 0.3) is 0 Å². The summed E-state index contributed by atoms with van der Waals surface area (Å²) in [6, 6.07) is 1.17. The third kappa shape index (κ3) is 5.35. The summed E-state index contributed by atoms with van der Waals surface area (Å²) in [5.74, 6) is -1.44. The van der Waals surface area contributed by atoms with Crippen LogP contribution in [0.3, 0.4) is 0 Å². The van der Waals surface area contributed by atoms with Crippen molar-refractivity contribution in [3.63, 3.8) is 0 Å². The Morgan fingerprint density at radius 1 is 1.16 bits per heavy atom. The molecule has 0 radical (unpaired) electrons. The van der Waals surface area contributed by atoms with Crippen LogP contribution in [0, 0.1) is 11.3 Å². The number of ether oxygens (including phenoxy) is 3. The molecular formula is C23H34N2O6. The van der Waals surface area contributed by atoms with Gasteiger partial charge in [-0.25, -0.2) is 14.6 Å². The lowest BCUT2D eigenvalue weighted by Gasteiger charge is -2.32. The lowest BCUT2D eigenvalue weighted by Crippen LogP contribution is -2.48. The molecule has 31 heavy (non-hydrogen) atoms. The highest BCUT2D eigenvalue weighted by Crippen LogP contribution is 2.47. The SMILES string of the molecule is CCOC(=O)[C@@H]1[C@@H](C(C)(C)C)C(=O)[C@H](c2cccnc2OC(C)C)N1C(=O)OC(C)C. The second-order valence-corrected chi connectivity index (χ2v) is 9.25. The number of rotatable bonds is 6. The van der Waals surface area contributed by atoms with Gasteiger partial charge in [-0.2, -0.15) is 0 Å². The van der Waals surface area contributed by atoms with Crippen LogP contribution in [-0.4, -0.2) is 52.6 Å². The molecule has 1 aliphatic heterocycles. The Morgan fingerprint density at radius 3 is 2.32 bits per heavy atom. The first-order valence-electron chi connectivity index (χ1n) is 10.7. The summed E-state index contributed by atoms with van der Waals surface area (Å²) in [6.45, 7) is 14.5. The fraction of sp³-hybridized carbons (Fsp3) is 0.652. The zero-order valence-electron chi connectivity index (χ0n) is 19.7. The molecule has 1 amide bonds. The average molecular weight is 435 g/mol. The van der Waals surface area contributed by atoms with E-state index in [1.165, 1.54) is 4.90 Å². The minimum Gasteiger partial charge on any atom is -0.475 e. The first kappa shape index (κ1) is 24.6. The van der Waals surface area contributed by atoms with E-state index in [0.29, 0.717) is 5.56 Å². The summed E-state index contributed by atoms with van der Waals surface area (Å²) < 4.78 is 16.5. The number of hydrogen-bond acceptors (Lipinski definition) is 7. The minimum atomic E-state index is -1.11. The highest BCUT2D eigenvalue weighted by atomic mass is 16.6. The Balaban J connectivity index is 2.70. The third-order valence-corrected chi connectivity index (χ3v) is 4.92. The number of carbonyl (C=O) groups is 3. The maximum atomic E-state index is 13.8. The lowest BCUT2D eigenvalue weighted by molar-refractivity contribution is -0.151. The van der Waals surface area contributed by atoms with Gasteiger partial charge in [-0.15, -0.1) is 0 Å². The zero-order chi connectivity index (χ0) is 23.5. The molecule has 8 nitrogen and oxygen atoms in total. The molecule has 1 fully saturated rings. The number of ketones is 1. The van der Waals surface area contributed by atoms with Crippen molar-refractivity contribution in [2.75, 3.05) is 6.61 Å². The number of hydrogen-bond donors (Lipinski definition) is 0. The molecule has 1 aromatic heterocycles. The van der Waals surface area contributed by atoms with E-state index in [2.05, 4.69) is 4.98 Å². The van der Waals surface area contributed by atoms with Crippen LogP contribution in [0.4, 0.5) is 4.79 Å². The molecule has 0 saturated carbocycles. The van der Waals surface area contributed by atoms with Gasteiger partial charge in [0, 0.05) is 11.8 Å². The Morgan fingerprint density at radius 2 is 1.81 bits per heavy atom. The van der Waals surface area contributed by atoms with E-state index >= 15 is 0 Å². The summed E-state index contributed by atoms with van der Waals surface area (Å²) in [5, 5.41) is 0. The second kappa shape index (κ2) is 9.66. The maximum Gasteiger partial charge on any atom is 0.411 e. The van der Waals surface area contributed by atoms with Crippen molar-refractivity contribution in [3.8, 4) is 5.88 Å². The topological polar surface area (TPSA) is 95.0 Å². The molecule has 1 saturated heterocycles. The van der Waals surface area contributed by atoms with E-state index < -0.39 is 41.6 Å². The van der Waals surface area contributed by atoms with Gasteiger partial charge in [-0.3, -0.25) is 9.69 Å².